The molecule has 21 heavy (non-hydrogen) atoms. The number of rotatable bonds is 6. The van der Waals surface area contributed by atoms with E-state index in [0.717, 1.165) is 11.3 Å². The van der Waals surface area contributed by atoms with E-state index >= 15 is 0 Å². The van der Waals surface area contributed by atoms with Gasteiger partial charge < -0.3 is 15.8 Å². The Labute approximate surface area is 123 Å². The van der Waals surface area contributed by atoms with Gasteiger partial charge in [-0.3, -0.25) is 9.69 Å². The number of hydrogen-bond acceptors (Lipinski definition) is 4. The van der Waals surface area contributed by atoms with E-state index < -0.39 is 30.2 Å². The van der Waals surface area contributed by atoms with Gasteiger partial charge in [-0.25, -0.2) is 0 Å². The summed E-state index contributed by atoms with van der Waals surface area (Å²) in [6.07, 6.45) is -3.57. The highest BCUT2D eigenvalue weighted by atomic mass is 19.4. The highest BCUT2D eigenvalue weighted by molar-refractivity contribution is 5.82. The number of nitrogens with one attached hydrogen (secondary N) is 1. The Morgan fingerprint density at radius 3 is 2.67 bits per heavy atom. The highest BCUT2D eigenvalue weighted by Crippen LogP contribution is 2.30. The Balaban J connectivity index is 2.93. The Morgan fingerprint density at radius 1 is 1.48 bits per heavy atom. The minimum Gasteiger partial charge on any atom is -0.378 e. The number of halogens is 3. The Bertz CT molecular complexity index is 339. The summed E-state index contributed by atoms with van der Waals surface area (Å²) in [5.74, 6) is -0.436. The van der Waals surface area contributed by atoms with Gasteiger partial charge in [0.15, 0.2) is 0 Å². The fourth-order valence-corrected chi connectivity index (χ4v) is 2.44. The van der Waals surface area contributed by atoms with Crippen molar-refractivity contribution in [2.75, 3.05) is 26.3 Å². The first kappa shape index (κ1) is 18.2. The first-order valence-corrected chi connectivity index (χ1v) is 7.26. The predicted octanol–water partition coefficient (Wildman–Crippen LogP) is 0.882. The van der Waals surface area contributed by atoms with Gasteiger partial charge in [-0.15, -0.1) is 0 Å². The highest BCUT2D eigenvalue weighted by Gasteiger charge is 2.50. The lowest BCUT2D eigenvalue weighted by Crippen LogP contribution is -2.65. The minimum absolute atomic E-state index is 0.0431. The third kappa shape index (κ3) is 4.82. The van der Waals surface area contributed by atoms with Crippen LogP contribution in [-0.4, -0.2) is 61.4 Å². The molecule has 1 rings (SSSR count). The van der Waals surface area contributed by atoms with Crippen LogP contribution in [0, 0.1) is 0 Å². The summed E-state index contributed by atoms with van der Waals surface area (Å²) < 4.78 is 45.2. The molecule has 5 nitrogen and oxygen atoms in total. The van der Waals surface area contributed by atoms with E-state index in [2.05, 4.69) is 5.32 Å². The van der Waals surface area contributed by atoms with Crippen LogP contribution in [0.2, 0.25) is 0 Å². The van der Waals surface area contributed by atoms with E-state index in [9.17, 15) is 18.0 Å². The van der Waals surface area contributed by atoms with Gasteiger partial charge in [0.1, 0.15) is 12.1 Å². The van der Waals surface area contributed by atoms with E-state index in [-0.39, 0.29) is 26.2 Å². The third-order valence-corrected chi connectivity index (χ3v) is 3.59. The van der Waals surface area contributed by atoms with Crippen molar-refractivity contribution in [3.05, 3.63) is 0 Å². The van der Waals surface area contributed by atoms with Crippen molar-refractivity contribution in [1.82, 2.24) is 10.2 Å². The molecule has 1 aliphatic heterocycles. The zero-order chi connectivity index (χ0) is 16.0. The summed E-state index contributed by atoms with van der Waals surface area (Å²) in [7, 11) is 0. The van der Waals surface area contributed by atoms with Crippen LogP contribution < -0.4 is 11.1 Å². The summed E-state index contributed by atoms with van der Waals surface area (Å²) in [6.45, 7) is 4.08. The molecule has 1 aliphatic rings. The number of carbonyl (C=O) groups is 1. The van der Waals surface area contributed by atoms with Crippen LogP contribution in [0.4, 0.5) is 13.2 Å². The maximum Gasteiger partial charge on any atom is 0.405 e. The molecular weight excluding hydrogens is 287 g/mol. The average Bonchev–Trinajstić information content (AvgIpc) is 2.43. The monoisotopic (exact) mass is 311 g/mol. The van der Waals surface area contributed by atoms with Crippen LogP contribution in [-0.2, 0) is 9.53 Å². The van der Waals surface area contributed by atoms with Crippen LogP contribution in [0.3, 0.4) is 0 Å². The SMILES string of the molecule is CCCNC(=O)C1COCCN1C(C(N)CC)C(F)(F)F. The fraction of sp³-hybridized carbons (Fsp3) is 0.923. The molecule has 1 amide bonds. The molecule has 0 aromatic heterocycles. The summed E-state index contributed by atoms with van der Waals surface area (Å²) in [6, 6.07) is -3.84. The fourth-order valence-electron chi connectivity index (χ4n) is 2.44. The van der Waals surface area contributed by atoms with Crippen molar-refractivity contribution < 1.29 is 22.7 Å². The number of ether oxygens (including phenoxy) is 1. The van der Waals surface area contributed by atoms with Gasteiger partial charge in [-0.2, -0.15) is 13.2 Å². The number of amides is 1. The van der Waals surface area contributed by atoms with Gasteiger partial charge >= 0.3 is 6.18 Å². The first-order valence-electron chi connectivity index (χ1n) is 7.26. The van der Waals surface area contributed by atoms with Crippen LogP contribution in [0.1, 0.15) is 26.7 Å². The molecule has 0 bridgehead atoms. The quantitative estimate of drug-likeness (QED) is 0.764. The van der Waals surface area contributed by atoms with Crippen LogP contribution >= 0.6 is 0 Å². The smallest absolute Gasteiger partial charge is 0.378 e. The van der Waals surface area contributed by atoms with E-state index in [0.29, 0.717) is 6.54 Å². The normalized spacial score (nSPS) is 23.6. The third-order valence-electron chi connectivity index (χ3n) is 3.59. The second kappa shape index (κ2) is 7.95. The molecule has 0 saturated carbocycles. The molecule has 1 saturated heterocycles. The maximum absolute atomic E-state index is 13.3. The van der Waals surface area contributed by atoms with Crippen LogP contribution in [0.5, 0.6) is 0 Å². The number of alkyl halides is 3. The Hall–Kier alpha value is -0.860. The number of nitrogens with zero attached hydrogens (tertiary/aromatic N) is 1. The van der Waals surface area contributed by atoms with Gasteiger partial charge in [-0.1, -0.05) is 13.8 Å². The number of morpholine rings is 1. The molecule has 1 fully saturated rings. The van der Waals surface area contributed by atoms with Gasteiger partial charge in [0, 0.05) is 19.1 Å². The molecule has 3 unspecified atom stereocenters. The molecule has 1 heterocycles. The van der Waals surface area contributed by atoms with E-state index in [4.69, 9.17) is 10.5 Å². The van der Waals surface area contributed by atoms with Crippen molar-refractivity contribution in [2.24, 2.45) is 5.73 Å². The van der Waals surface area contributed by atoms with Crippen molar-refractivity contribution in [3.8, 4) is 0 Å². The second-order valence-corrected chi connectivity index (χ2v) is 5.18. The van der Waals surface area contributed by atoms with E-state index in [1.54, 1.807) is 6.92 Å². The summed E-state index contributed by atoms with van der Waals surface area (Å²) >= 11 is 0. The van der Waals surface area contributed by atoms with Gasteiger partial charge in [0.25, 0.3) is 0 Å². The van der Waals surface area contributed by atoms with E-state index in [1.807, 2.05) is 6.92 Å². The molecule has 0 aromatic carbocycles. The molecule has 3 atom stereocenters. The summed E-state index contributed by atoms with van der Waals surface area (Å²) in [4.78, 5) is 13.2. The summed E-state index contributed by atoms with van der Waals surface area (Å²) in [5, 5.41) is 2.63. The van der Waals surface area contributed by atoms with Gasteiger partial charge in [-0.05, 0) is 12.8 Å². The molecular formula is C13H24F3N3O2. The zero-order valence-electron chi connectivity index (χ0n) is 12.4. The molecule has 8 heteroatoms. The van der Waals surface area contributed by atoms with Crippen molar-refractivity contribution in [1.29, 1.82) is 0 Å². The van der Waals surface area contributed by atoms with Crippen molar-refractivity contribution in [2.45, 2.75) is 51.0 Å². The van der Waals surface area contributed by atoms with E-state index in [1.165, 1.54) is 0 Å². The molecule has 3 N–H and O–H groups in total. The molecule has 0 aromatic rings. The average molecular weight is 311 g/mol. The Kier molecular flexibility index (Phi) is 6.89. The van der Waals surface area contributed by atoms with Gasteiger partial charge in [0.2, 0.25) is 5.91 Å². The minimum atomic E-state index is -4.48. The molecule has 0 spiro atoms. The van der Waals surface area contributed by atoms with Crippen molar-refractivity contribution >= 4 is 5.91 Å². The first-order chi connectivity index (χ1) is 9.82. The Morgan fingerprint density at radius 2 is 2.14 bits per heavy atom. The largest absolute Gasteiger partial charge is 0.405 e. The lowest BCUT2D eigenvalue weighted by Gasteiger charge is -2.42. The van der Waals surface area contributed by atoms with Crippen molar-refractivity contribution in [3.63, 3.8) is 0 Å². The molecule has 0 radical (unpaired) electrons. The zero-order valence-corrected chi connectivity index (χ0v) is 12.4. The maximum atomic E-state index is 13.3. The molecule has 0 aliphatic carbocycles. The van der Waals surface area contributed by atoms with Crippen LogP contribution in [0.25, 0.3) is 0 Å². The standard InChI is InChI=1S/C13H24F3N3O2/c1-3-5-18-12(20)10-8-21-7-6-19(10)11(9(17)4-2)13(14,15)16/h9-11H,3-8,17H2,1-2H3,(H,18,20). The van der Waals surface area contributed by atoms with Gasteiger partial charge in [0.05, 0.1) is 13.2 Å². The lowest BCUT2D eigenvalue weighted by molar-refractivity contribution is -0.206. The number of nitrogens with two attached hydrogens (primary N) is 1. The topological polar surface area (TPSA) is 67.6 Å². The summed E-state index contributed by atoms with van der Waals surface area (Å²) in [5.41, 5.74) is 5.66. The number of carbonyl (C=O) groups excluding carboxylic acids is 1. The second-order valence-electron chi connectivity index (χ2n) is 5.18. The number of hydrogen-bond donors (Lipinski definition) is 2. The van der Waals surface area contributed by atoms with Crippen LogP contribution in [0.15, 0.2) is 0 Å². The molecule has 124 valence electrons. The predicted molar refractivity (Wildman–Crippen MR) is 72.7 cm³/mol. The lowest BCUT2D eigenvalue weighted by atomic mass is 10.0.